The van der Waals surface area contributed by atoms with Crippen molar-refractivity contribution in [2.45, 2.75) is 0 Å². The third kappa shape index (κ3) is 5.98. The van der Waals surface area contributed by atoms with E-state index in [1.165, 1.54) is 12.1 Å². The monoisotopic (exact) mass is 261 g/mol. The van der Waals surface area contributed by atoms with Gasteiger partial charge in [-0.15, -0.1) is 0 Å². The first-order valence-corrected chi connectivity index (χ1v) is 5.91. The minimum absolute atomic E-state index is 0.174. The molecule has 1 aromatic carbocycles. The second-order valence-electron chi connectivity index (χ2n) is 3.74. The molecule has 0 aliphatic carbocycles. The second-order valence-corrected chi connectivity index (χ2v) is 4.15. The Morgan fingerprint density at radius 1 is 1.47 bits per heavy atom. The predicted molar refractivity (Wildman–Crippen MR) is 65.7 cm³/mol. The summed E-state index contributed by atoms with van der Waals surface area (Å²) in [4.78, 5) is 0. The summed E-state index contributed by atoms with van der Waals surface area (Å²) in [5, 5.41) is 12.0. The summed E-state index contributed by atoms with van der Waals surface area (Å²) in [7, 11) is 0. The number of hydrogen-bond donors (Lipinski definition) is 2. The lowest BCUT2D eigenvalue weighted by atomic mass is 10.2. The number of hydrogen-bond acceptors (Lipinski definition) is 3. The van der Waals surface area contributed by atoms with E-state index in [2.05, 4.69) is 5.32 Å². The Balaban J connectivity index is 0.000000171. The van der Waals surface area contributed by atoms with E-state index in [4.69, 9.17) is 21.4 Å². The smallest absolute Gasteiger partial charge is 0.141 e. The average Bonchev–Trinajstić information content (AvgIpc) is 2.62. The highest BCUT2D eigenvalue weighted by molar-refractivity contribution is 6.30. The minimum Gasteiger partial charge on any atom is -0.396 e. The highest BCUT2D eigenvalue weighted by atomic mass is 35.5. The number of benzene rings is 1. The number of aliphatic hydroxyl groups excluding tert-OH is 1. The molecule has 0 aromatic heterocycles. The molecule has 96 valence electrons. The van der Waals surface area contributed by atoms with Gasteiger partial charge in [-0.1, -0.05) is 23.7 Å². The molecule has 1 atom stereocenters. The Hall–Kier alpha value is -0.680. The normalized spacial score (nSPS) is 20.1. The summed E-state index contributed by atoms with van der Waals surface area (Å²) in [6, 6.07) is 6.12. The zero-order chi connectivity index (χ0) is 12.5. The molecule has 5 heteroatoms. The molecular formula is C12H17ClFNO2. The second kappa shape index (κ2) is 8.42. The van der Waals surface area contributed by atoms with Crippen molar-refractivity contribution in [1.82, 2.24) is 5.32 Å². The Kier molecular flexibility index (Phi) is 7.12. The van der Waals surface area contributed by atoms with Crippen LogP contribution in [-0.2, 0) is 4.74 Å². The summed E-state index contributed by atoms with van der Waals surface area (Å²) in [5.74, 6) is -0.0679. The standard InChI is InChI=1S/C6H4ClF.C6H13NO2/c7-5-3-1-2-4-6(5)8;8-4-6-3-7-1-2-9-5-6/h1-4H;6-8H,1-5H2. The Labute approximate surface area is 106 Å². The molecule has 17 heavy (non-hydrogen) atoms. The van der Waals surface area contributed by atoms with Gasteiger partial charge in [-0.25, -0.2) is 4.39 Å². The highest BCUT2D eigenvalue weighted by Crippen LogP contribution is 2.11. The maximum atomic E-state index is 12.2. The third-order valence-corrected chi connectivity index (χ3v) is 2.60. The van der Waals surface area contributed by atoms with E-state index in [0.717, 1.165) is 19.7 Å². The fourth-order valence-corrected chi connectivity index (χ4v) is 1.45. The summed E-state index contributed by atoms with van der Waals surface area (Å²) in [6.07, 6.45) is 0. The molecule has 1 fully saturated rings. The van der Waals surface area contributed by atoms with Crippen LogP contribution >= 0.6 is 11.6 Å². The van der Waals surface area contributed by atoms with Crippen molar-refractivity contribution in [3.63, 3.8) is 0 Å². The molecule has 3 nitrogen and oxygen atoms in total. The van der Waals surface area contributed by atoms with Gasteiger partial charge in [0, 0.05) is 25.6 Å². The molecule has 1 unspecified atom stereocenters. The van der Waals surface area contributed by atoms with Crippen molar-refractivity contribution >= 4 is 11.6 Å². The van der Waals surface area contributed by atoms with E-state index < -0.39 is 0 Å². The molecule has 2 N–H and O–H groups in total. The van der Waals surface area contributed by atoms with Crippen molar-refractivity contribution in [1.29, 1.82) is 0 Å². The predicted octanol–water partition coefficient (Wildman–Crippen LogP) is 1.69. The summed E-state index contributed by atoms with van der Waals surface area (Å²) in [5.41, 5.74) is 0. The molecule has 1 saturated heterocycles. The van der Waals surface area contributed by atoms with Crippen LogP contribution in [0.3, 0.4) is 0 Å². The van der Waals surface area contributed by atoms with Crippen molar-refractivity contribution in [2.24, 2.45) is 5.92 Å². The van der Waals surface area contributed by atoms with Gasteiger partial charge in [-0.05, 0) is 12.1 Å². The topological polar surface area (TPSA) is 41.5 Å². The van der Waals surface area contributed by atoms with Gasteiger partial charge in [0.2, 0.25) is 0 Å². The lowest BCUT2D eigenvalue weighted by Crippen LogP contribution is -2.24. The van der Waals surface area contributed by atoms with Crippen molar-refractivity contribution in [2.75, 3.05) is 32.9 Å². The molecule has 2 rings (SSSR count). The molecule has 1 aliphatic heterocycles. The van der Waals surface area contributed by atoms with Crippen LogP contribution in [0.2, 0.25) is 5.02 Å². The van der Waals surface area contributed by atoms with Crippen LogP contribution < -0.4 is 5.32 Å². The van der Waals surface area contributed by atoms with Gasteiger partial charge in [0.25, 0.3) is 0 Å². The molecule has 0 radical (unpaired) electrons. The fraction of sp³-hybridized carbons (Fsp3) is 0.500. The molecule has 1 aliphatic rings. The van der Waals surface area contributed by atoms with Crippen LogP contribution in [0.4, 0.5) is 4.39 Å². The van der Waals surface area contributed by atoms with E-state index >= 15 is 0 Å². The maximum Gasteiger partial charge on any atom is 0.141 e. The summed E-state index contributed by atoms with van der Waals surface area (Å²) >= 11 is 5.33. The van der Waals surface area contributed by atoms with Crippen LogP contribution in [-0.4, -0.2) is 38.0 Å². The Morgan fingerprint density at radius 2 is 2.24 bits per heavy atom. The lowest BCUT2D eigenvalue weighted by Gasteiger charge is -2.07. The van der Waals surface area contributed by atoms with E-state index in [-0.39, 0.29) is 17.4 Å². The van der Waals surface area contributed by atoms with Crippen molar-refractivity contribution in [3.8, 4) is 0 Å². The number of halogens is 2. The van der Waals surface area contributed by atoms with Crippen LogP contribution in [0.15, 0.2) is 24.3 Å². The summed E-state index contributed by atoms with van der Waals surface area (Å²) in [6.45, 7) is 3.50. The molecule has 0 saturated carbocycles. The van der Waals surface area contributed by atoms with Gasteiger partial charge in [0.1, 0.15) is 5.82 Å². The van der Waals surface area contributed by atoms with Gasteiger partial charge >= 0.3 is 0 Å². The van der Waals surface area contributed by atoms with Crippen LogP contribution in [0, 0.1) is 11.7 Å². The molecule has 0 bridgehead atoms. The number of ether oxygens (including phenoxy) is 1. The van der Waals surface area contributed by atoms with Gasteiger partial charge in [0.15, 0.2) is 0 Å². The number of rotatable bonds is 1. The SMILES string of the molecule is Fc1ccccc1Cl.OCC1CNCCOC1. The van der Waals surface area contributed by atoms with Crippen molar-refractivity contribution < 1.29 is 14.2 Å². The minimum atomic E-state index is -0.367. The van der Waals surface area contributed by atoms with Crippen LogP contribution in [0.25, 0.3) is 0 Å². The van der Waals surface area contributed by atoms with Crippen LogP contribution in [0.5, 0.6) is 0 Å². The molecule has 0 amide bonds. The first kappa shape index (κ1) is 14.4. The zero-order valence-corrected chi connectivity index (χ0v) is 10.3. The van der Waals surface area contributed by atoms with E-state index in [1.54, 1.807) is 12.1 Å². The Bertz CT molecular complexity index is 296. The quantitative estimate of drug-likeness (QED) is 0.809. The molecule has 1 aromatic rings. The highest BCUT2D eigenvalue weighted by Gasteiger charge is 2.09. The zero-order valence-electron chi connectivity index (χ0n) is 9.53. The summed E-state index contributed by atoms with van der Waals surface area (Å²) < 4.78 is 17.4. The Morgan fingerprint density at radius 3 is 2.82 bits per heavy atom. The third-order valence-electron chi connectivity index (χ3n) is 2.29. The van der Waals surface area contributed by atoms with Gasteiger partial charge in [-0.3, -0.25) is 0 Å². The van der Waals surface area contributed by atoms with Gasteiger partial charge in [0.05, 0.1) is 18.2 Å². The first-order valence-electron chi connectivity index (χ1n) is 5.53. The number of nitrogens with one attached hydrogen (secondary N) is 1. The lowest BCUT2D eigenvalue weighted by molar-refractivity contribution is 0.0959. The van der Waals surface area contributed by atoms with Gasteiger partial charge < -0.3 is 15.2 Å². The molecule has 0 spiro atoms. The van der Waals surface area contributed by atoms with E-state index in [9.17, 15) is 4.39 Å². The van der Waals surface area contributed by atoms with E-state index in [1.807, 2.05) is 0 Å². The van der Waals surface area contributed by atoms with Crippen molar-refractivity contribution in [3.05, 3.63) is 35.1 Å². The fourth-order valence-electron chi connectivity index (χ4n) is 1.32. The average molecular weight is 262 g/mol. The first-order chi connectivity index (χ1) is 8.24. The van der Waals surface area contributed by atoms with E-state index in [0.29, 0.717) is 12.5 Å². The van der Waals surface area contributed by atoms with Gasteiger partial charge in [-0.2, -0.15) is 0 Å². The largest absolute Gasteiger partial charge is 0.396 e. The number of aliphatic hydroxyl groups is 1. The molecule has 1 heterocycles. The molecular weight excluding hydrogens is 245 g/mol. The maximum absolute atomic E-state index is 12.2. The van der Waals surface area contributed by atoms with Crippen LogP contribution in [0.1, 0.15) is 0 Å².